The highest BCUT2D eigenvalue weighted by molar-refractivity contribution is 7.89. The summed E-state index contributed by atoms with van der Waals surface area (Å²) in [5.74, 6) is -0.364. The van der Waals surface area contributed by atoms with Gasteiger partial charge in [-0.2, -0.15) is 0 Å². The molecule has 2 aliphatic heterocycles. The van der Waals surface area contributed by atoms with Gasteiger partial charge in [-0.15, -0.1) is 0 Å². The van der Waals surface area contributed by atoms with Gasteiger partial charge in [-0.3, -0.25) is 9.52 Å². The zero-order chi connectivity index (χ0) is 16.9. The second-order valence-corrected chi connectivity index (χ2v) is 9.39. The number of allylic oxidation sites excluding steroid dienone is 1. The summed E-state index contributed by atoms with van der Waals surface area (Å²) in [6, 6.07) is 0. The van der Waals surface area contributed by atoms with Crippen LogP contribution in [0.15, 0.2) is 23.5 Å². The molecule has 2 rings (SSSR count). The molecular formula is C15H25N3O3S. The predicted octanol–water partition coefficient (Wildman–Crippen LogP) is 1.39. The van der Waals surface area contributed by atoms with E-state index in [1.165, 1.54) is 0 Å². The van der Waals surface area contributed by atoms with E-state index in [-0.39, 0.29) is 17.3 Å². The van der Waals surface area contributed by atoms with E-state index in [0.717, 1.165) is 0 Å². The van der Waals surface area contributed by atoms with E-state index in [2.05, 4.69) is 4.72 Å². The van der Waals surface area contributed by atoms with Gasteiger partial charge >= 0.3 is 0 Å². The SMILES string of the molecule is CC(C)(C)N1CC=CC2=C(C1=O)N(C(C)(C)C)CS(=O)(=O)N2. The van der Waals surface area contributed by atoms with Crippen LogP contribution >= 0.6 is 0 Å². The normalized spacial score (nSPS) is 22.4. The molecule has 7 heteroatoms. The molecular weight excluding hydrogens is 302 g/mol. The number of carbonyl (C=O) groups excluding carboxylic acids is 1. The molecule has 0 spiro atoms. The third kappa shape index (κ3) is 3.14. The third-order valence-corrected chi connectivity index (χ3v) is 4.86. The zero-order valence-corrected chi connectivity index (χ0v) is 14.9. The standard InChI is InChI=1S/C15H25N3O3S/c1-14(2,3)17-9-7-8-11-12(13(17)19)18(15(4,5)6)10-22(20,21)16-11/h7-8,16H,9-10H2,1-6H3. The molecule has 0 aliphatic carbocycles. The lowest BCUT2D eigenvalue weighted by molar-refractivity contribution is -0.133. The van der Waals surface area contributed by atoms with Gasteiger partial charge in [0.25, 0.3) is 15.9 Å². The zero-order valence-electron chi connectivity index (χ0n) is 14.1. The maximum absolute atomic E-state index is 13.0. The average molecular weight is 327 g/mol. The predicted molar refractivity (Wildman–Crippen MR) is 86.1 cm³/mol. The summed E-state index contributed by atoms with van der Waals surface area (Å²) in [7, 11) is -3.48. The largest absolute Gasteiger partial charge is 0.345 e. The number of rotatable bonds is 0. The Morgan fingerprint density at radius 3 is 2.09 bits per heavy atom. The summed E-state index contributed by atoms with van der Waals surface area (Å²) in [6.45, 7) is 12.1. The summed E-state index contributed by atoms with van der Waals surface area (Å²) >= 11 is 0. The Morgan fingerprint density at radius 2 is 1.59 bits per heavy atom. The quantitative estimate of drug-likeness (QED) is 0.730. The minimum absolute atomic E-state index is 0.148. The van der Waals surface area contributed by atoms with Crippen molar-refractivity contribution in [2.75, 3.05) is 12.4 Å². The fourth-order valence-electron chi connectivity index (χ4n) is 2.57. The Kier molecular flexibility index (Phi) is 3.84. The highest BCUT2D eigenvalue weighted by Gasteiger charge is 2.41. The van der Waals surface area contributed by atoms with Crippen molar-refractivity contribution < 1.29 is 13.2 Å². The Morgan fingerprint density at radius 1 is 1.05 bits per heavy atom. The summed E-state index contributed by atoms with van der Waals surface area (Å²) in [5.41, 5.74) is -0.0411. The monoisotopic (exact) mass is 327 g/mol. The lowest BCUT2D eigenvalue weighted by Crippen LogP contribution is -2.56. The van der Waals surface area contributed by atoms with Gasteiger partial charge < -0.3 is 9.80 Å². The molecule has 0 radical (unpaired) electrons. The molecule has 1 N–H and O–H groups in total. The Hall–Kier alpha value is -1.50. The van der Waals surface area contributed by atoms with E-state index in [9.17, 15) is 13.2 Å². The first-order chi connectivity index (χ1) is 9.83. The van der Waals surface area contributed by atoms with Crippen LogP contribution in [0.3, 0.4) is 0 Å². The molecule has 0 bridgehead atoms. The molecule has 2 heterocycles. The Bertz CT molecular complexity index is 649. The van der Waals surface area contributed by atoms with Crippen molar-refractivity contribution in [1.82, 2.24) is 14.5 Å². The van der Waals surface area contributed by atoms with E-state index in [1.807, 2.05) is 47.6 Å². The van der Waals surface area contributed by atoms with Gasteiger partial charge in [0.2, 0.25) is 0 Å². The van der Waals surface area contributed by atoms with Gasteiger partial charge in [0.1, 0.15) is 11.6 Å². The van der Waals surface area contributed by atoms with E-state index >= 15 is 0 Å². The maximum Gasteiger partial charge on any atom is 0.273 e. The fraction of sp³-hybridized carbons (Fsp3) is 0.667. The fourth-order valence-corrected chi connectivity index (χ4v) is 3.99. The number of sulfonamides is 1. The van der Waals surface area contributed by atoms with Crippen LogP contribution in [-0.4, -0.2) is 47.6 Å². The van der Waals surface area contributed by atoms with Crippen LogP contribution in [0.2, 0.25) is 0 Å². The number of amides is 1. The van der Waals surface area contributed by atoms with Crippen LogP contribution in [0.1, 0.15) is 41.5 Å². The molecule has 0 fully saturated rings. The van der Waals surface area contributed by atoms with Crippen LogP contribution in [0.25, 0.3) is 0 Å². The molecule has 0 aromatic heterocycles. The summed E-state index contributed by atoms with van der Waals surface area (Å²) < 4.78 is 26.7. The third-order valence-electron chi connectivity index (χ3n) is 3.73. The van der Waals surface area contributed by atoms with E-state index in [0.29, 0.717) is 17.9 Å². The van der Waals surface area contributed by atoms with Crippen molar-refractivity contribution in [3.8, 4) is 0 Å². The molecule has 0 aromatic rings. The van der Waals surface area contributed by atoms with E-state index in [1.54, 1.807) is 15.9 Å². The smallest absolute Gasteiger partial charge is 0.273 e. The van der Waals surface area contributed by atoms with Crippen molar-refractivity contribution >= 4 is 15.9 Å². The van der Waals surface area contributed by atoms with Crippen molar-refractivity contribution in [3.63, 3.8) is 0 Å². The summed E-state index contributed by atoms with van der Waals surface area (Å²) in [5, 5.41) is 0. The van der Waals surface area contributed by atoms with Crippen molar-refractivity contribution in [3.05, 3.63) is 23.5 Å². The molecule has 0 unspecified atom stereocenters. The second-order valence-electron chi connectivity index (χ2n) is 7.70. The number of nitrogens with zero attached hydrogens (tertiary/aromatic N) is 2. The highest BCUT2D eigenvalue weighted by atomic mass is 32.2. The lowest BCUT2D eigenvalue weighted by atomic mass is 10.0. The molecule has 0 atom stereocenters. The van der Waals surface area contributed by atoms with Crippen LogP contribution in [0, 0.1) is 0 Å². The van der Waals surface area contributed by atoms with Gasteiger partial charge in [0, 0.05) is 17.6 Å². The van der Waals surface area contributed by atoms with Crippen LogP contribution in [-0.2, 0) is 14.8 Å². The summed E-state index contributed by atoms with van der Waals surface area (Å²) in [6.07, 6.45) is 3.51. The summed E-state index contributed by atoms with van der Waals surface area (Å²) in [4.78, 5) is 16.5. The van der Waals surface area contributed by atoms with Gasteiger partial charge in [-0.05, 0) is 47.6 Å². The first-order valence-corrected chi connectivity index (χ1v) is 8.99. The minimum atomic E-state index is -3.48. The van der Waals surface area contributed by atoms with Gasteiger partial charge in [0.05, 0.1) is 5.70 Å². The first kappa shape index (κ1) is 16.9. The number of carbonyl (C=O) groups is 1. The van der Waals surface area contributed by atoms with E-state index in [4.69, 9.17) is 0 Å². The van der Waals surface area contributed by atoms with Crippen LogP contribution < -0.4 is 4.72 Å². The molecule has 2 aliphatic rings. The van der Waals surface area contributed by atoms with Crippen molar-refractivity contribution in [1.29, 1.82) is 0 Å². The topological polar surface area (TPSA) is 69.7 Å². The van der Waals surface area contributed by atoms with Crippen LogP contribution in [0.4, 0.5) is 0 Å². The molecule has 124 valence electrons. The minimum Gasteiger partial charge on any atom is -0.345 e. The van der Waals surface area contributed by atoms with Crippen molar-refractivity contribution in [2.24, 2.45) is 0 Å². The number of hydrogen-bond donors (Lipinski definition) is 1. The van der Waals surface area contributed by atoms with Gasteiger partial charge in [-0.25, -0.2) is 8.42 Å². The highest BCUT2D eigenvalue weighted by Crippen LogP contribution is 2.31. The Labute approximate surface area is 132 Å². The molecule has 6 nitrogen and oxygen atoms in total. The Balaban J connectivity index is 2.61. The molecule has 1 amide bonds. The number of hydrogen-bond acceptors (Lipinski definition) is 4. The molecule has 22 heavy (non-hydrogen) atoms. The number of nitrogens with one attached hydrogen (secondary N) is 1. The lowest BCUT2D eigenvalue weighted by Gasteiger charge is -2.44. The molecule has 0 saturated heterocycles. The van der Waals surface area contributed by atoms with Crippen molar-refractivity contribution in [2.45, 2.75) is 52.6 Å². The molecule has 0 aromatic carbocycles. The second kappa shape index (κ2) is 5.01. The van der Waals surface area contributed by atoms with Gasteiger partial charge in [-0.1, -0.05) is 6.08 Å². The molecule has 0 saturated carbocycles. The first-order valence-electron chi connectivity index (χ1n) is 7.34. The van der Waals surface area contributed by atoms with Crippen LogP contribution in [0.5, 0.6) is 0 Å². The van der Waals surface area contributed by atoms with Gasteiger partial charge in [0.15, 0.2) is 0 Å². The van der Waals surface area contributed by atoms with E-state index < -0.39 is 15.6 Å². The maximum atomic E-state index is 13.0. The average Bonchev–Trinajstić information content (AvgIpc) is 2.44.